The van der Waals surface area contributed by atoms with Gasteiger partial charge in [0.05, 0.1) is 7.11 Å². The Balaban J connectivity index is 1.89. The van der Waals surface area contributed by atoms with E-state index in [2.05, 4.69) is 31.9 Å². The predicted octanol–water partition coefficient (Wildman–Crippen LogP) is 0.0482. The third kappa shape index (κ3) is 3.94. The molecule has 0 aliphatic carbocycles. The van der Waals surface area contributed by atoms with Gasteiger partial charge in [-0.25, -0.2) is 9.97 Å². The molecule has 0 amide bonds. The van der Waals surface area contributed by atoms with Gasteiger partial charge in [-0.2, -0.15) is 9.97 Å². The lowest BCUT2D eigenvalue weighted by Crippen LogP contribution is -2.45. The molecular formula is C14H20N8O2S. The van der Waals surface area contributed by atoms with Crippen LogP contribution in [0.25, 0.3) is 0 Å². The smallest absolute Gasteiger partial charge is 0.236 e. The van der Waals surface area contributed by atoms with Crippen LogP contribution in [0.1, 0.15) is 0 Å². The Kier molecular flexibility index (Phi) is 4.95. The van der Waals surface area contributed by atoms with Crippen LogP contribution in [0.4, 0.5) is 17.6 Å². The molecule has 0 radical (unpaired) electrons. The zero-order chi connectivity index (χ0) is 18.0. The number of nitrogens with two attached hydrogens (primary N) is 2. The normalized spacial score (nSPS) is 15.4. The van der Waals surface area contributed by atoms with Gasteiger partial charge >= 0.3 is 0 Å². The van der Waals surface area contributed by atoms with Crippen LogP contribution in [0.5, 0.6) is 11.8 Å². The lowest BCUT2D eigenvalue weighted by Gasteiger charge is -2.32. The molecule has 10 nitrogen and oxygen atoms in total. The van der Waals surface area contributed by atoms with Gasteiger partial charge in [-0.1, -0.05) is 0 Å². The van der Waals surface area contributed by atoms with Gasteiger partial charge < -0.3 is 31.1 Å². The van der Waals surface area contributed by atoms with E-state index in [1.165, 1.54) is 13.2 Å². The number of hydrogen-bond donors (Lipinski definition) is 3. The fourth-order valence-corrected chi connectivity index (χ4v) is 3.22. The van der Waals surface area contributed by atoms with Crippen LogP contribution in [0.2, 0.25) is 0 Å². The van der Waals surface area contributed by atoms with Crippen molar-refractivity contribution in [1.29, 1.82) is 0 Å². The lowest BCUT2D eigenvalue weighted by atomic mass is 10.3. The van der Waals surface area contributed by atoms with E-state index in [0.29, 0.717) is 10.8 Å². The van der Waals surface area contributed by atoms with E-state index in [1.54, 1.807) is 0 Å². The first-order valence-electron chi connectivity index (χ1n) is 7.62. The van der Waals surface area contributed by atoms with Crippen molar-refractivity contribution in [2.75, 3.05) is 56.7 Å². The van der Waals surface area contributed by atoms with Crippen molar-refractivity contribution in [3.8, 4) is 11.8 Å². The molecule has 0 aromatic carbocycles. The first-order chi connectivity index (χ1) is 12.0. The second kappa shape index (κ2) is 7.15. The monoisotopic (exact) mass is 364 g/mol. The number of piperazine rings is 1. The number of nitrogens with zero attached hydrogens (tertiary/aromatic N) is 6. The maximum Gasteiger partial charge on any atom is 0.236 e. The molecule has 0 unspecified atom stereocenters. The van der Waals surface area contributed by atoms with Gasteiger partial charge in [0.25, 0.3) is 0 Å². The Morgan fingerprint density at radius 2 is 1.72 bits per heavy atom. The lowest BCUT2D eigenvalue weighted by molar-refractivity contribution is 0.308. The first kappa shape index (κ1) is 17.3. The molecule has 3 rings (SSSR count). The Morgan fingerprint density at radius 3 is 2.32 bits per heavy atom. The van der Waals surface area contributed by atoms with Crippen LogP contribution < -0.4 is 21.1 Å². The topological polar surface area (TPSA) is 140 Å². The summed E-state index contributed by atoms with van der Waals surface area (Å²) in [4.78, 5) is 21.3. The minimum atomic E-state index is -0.199. The van der Waals surface area contributed by atoms with Gasteiger partial charge in [0.1, 0.15) is 16.5 Å². The summed E-state index contributed by atoms with van der Waals surface area (Å²) in [6.45, 7) is 3.36. The average Bonchev–Trinajstić information content (AvgIpc) is 2.56. The number of rotatable bonds is 4. The van der Waals surface area contributed by atoms with E-state index >= 15 is 0 Å². The summed E-state index contributed by atoms with van der Waals surface area (Å²) in [5.41, 5.74) is 11.3. The Morgan fingerprint density at radius 1 is 1.08 bits per heavy atom. The fourth-order valence-electron chi connectivity index (χ4n) is 2.38. The summed E-state index contributed by atoms with van der Waals surface area (Å²) in [6, 6.07) is 1.45. The first-order valence-corrected chi connectivity index (χ1v) is 8.44. The summed E-state index contributed by atoms with van der Waals surface area (Å²) in [6.07, 6.45) is 0. The summed E-state index contributed by atoms with van der Waals surface area (Å²) in [5, 5.41) is 10.7. The Hall–Kier alpha value is -2.53. The summed E-state index contributed by atoms with van der Waals surface area (Å²) < 4.78 is 5.32. The van der Waals surface area contributed by atoms with Crippen molar-refractivity contribution in [3.63, 3.8) is 0 Å². The molecule has 0 saturated carbocycles. The van der Waals surface area contributed by atoms with Crippen LogP contribution in [-0.2, 0) is 0 Å². The Labute approximate surface area is 149 Å². The second-order valence-electron chi connectivity index (χ2n) is 5.58. The van der Waals surface area contributed by atoms with Crippen molar-refractivity contribution in [2.45, 2.75) is 10.1 Å². The van der Waals surface area contributed by atoms with Crippen molar-refractivity contribution >= 4 is 29.3 Å². The molecule has 0 bridgehead atoms. The number of hydrogen-bond acceptors (Lipinski definition) is 11. The maximum atomic E-state index is 10.4. The zero-order valence-electron chi connectivity index (χ0n) is 14.0. The highest BCUT2D eigenvalue weighted by Crippen LogP contribution is 2.39. The molecule has 3 heterocycles. The van der Waals surface area contributed by atoms with Crippen molar-refractivity contribution in [3.05, 3.63) is 6.07 Å². The average molecular weight is 364 g/mol. The van der Waals surface area contributed by atoms with Gasteiger partial charge in [0, 0.05) is 32.2 Å². The van der Waals surface area contributed by atoms with Crippen LogP contribution in [-0.4, -0.2) is 70.3 Å². The van der Waals surface area contributed by atoms with E-state index in [9.17, 15) is 5.11 Å². The third-order valence-corrected chi connectivity index (χ3v) is 4.65. The molecule has 1 fully saturated rings. The summed E-state index contributed by atoms with van der Waals surface area (Å²) in [5.74, 6) is 0.957. The molecule has 1 aliphatic heterocycles. The van der Waals surface area contributed by atoms with E-state index in [4.69, 9.17) is 16.2 Å². The quantitative estimate of drug-likeness (QED) is 0.634. The van der Waals surface area contributed by atoms with E-state index < -0.39 is 0 Å². The second-order valence-corrected chi connectivity index (χ2v) is 6.56. The minimum Gasteiger partial charge on any atom is -0.492 e. The third-order valence-electron chi connectivity index (χ3n) is 3.72. The number of anilines is 3. The molecule has 134 valence electrons. The van der Waals surface area contributed by atoms with Crippen LogP contribution in [0.15, 0.2) is 16.1 Å². The van der Waals surface area contributed by atoms with Gasteiger partial charge in [0.15, 0.2) is 5.16 Å². The van der Waals surface area contributed by atoms with E-state index in [1.807, 2.05) is 4.90 Å². The van der Waals surface area contributed by atoms with Gasteiger partial charge in [-0.05, 0) is 18.8 Å². The number of likely N-dealkylation sites (N-methyl/N-ethyl adjacent to an activating group) is 1. The highest BCUT2D eigenvalue weighted by atomic mass is 32.2. The van der Waals surface area contributed by atoms with E-state index in [-0.39, 0.29) is 28.6 Å². The number of methoxy groups -OCH3 is 1. The van der Waals surface area contributed by atoms with Crippen molar-refractivity contribution < 1.29 is 9.84 Å². The maximum absolute atomic E-state index is 10.4. The van der Waals surface area contributed by atoms with Gasteiger partial charge in [0.2, 0.25) is 17.7 Å². The van der Waals surface area contributed by atoms with Gasteiger partial charge in [-0.15, -0.1) is 0 Å². The number of ether oxygens (including phenoxy) is 1. The molecule has 2 aromatic rings. The SMILES string of the molecule is COc1nc(N2CCN(C)CC2)nc(O)c1Sc1nc(N)cc(N)n1. The number of aromatic nitrogens is 4. The van der Waals surface area contributed by atoms with Crippen LogP contribution >= 0.6 is 11.8 Å². The standard InChI is InChI=1S/C14H20N8O2S/c1-21-3-5-22(6-4-21)13-19-11(23)10(12(20-13)24-2)25-14-17-8(15)7-9(16)18-14/h7H,3-6H2,1-2H3,(H,19,20,23)(H4,15,16,17,18). The minimum absolute atomic E-state index is 0.199. The predicted molar refractivity (Wildman–Crippen MR) is 94.9 cm³/mol. The highest BCUT2D eigenvalue weighted by Gasteiger charge is 2.22. The molecule has 1 aliphatic rings. The highest BCUT2D eigenvalue weighted by molar-refractivity contribution is 7.99. The zero-order valence-corrected chi connectivity index (χ0v) is 14.8. The fraction of sp³-hybridized carbons (Fsp3) is 0.429. The van der Waals surface area contributed by atoms with Crippen molar-refractivity contribution in [2.24, 2.45) is 0 Å². The number of nitrogen functional groups attached to an aromatic ring is 2. The molecule has 2 aromatic heterocycles. The van der Waals surface area contributed by atoms with Gasteiger partial charge in [-0.3, -0.25) is 0 Å². The summed E-state index contributed by atoms with van der Waals surface area (Å²) >= 11 is 1.04. The molecule has 0 spiro atoms. The number of aromatic hydroxyl groups is 1. The largest absolute Gasteiger partial charge is 0.492 e. The van der Waals surface area contributed by atoms with Crippen LogP contribution in [0.3, 0.4) is 0 Å². The molecule has 5 N–H and O–H groups in total. The van der Waals surface area contributed by atoms with E-state index in [0.717, 1.165) is 37.9 Å². The molecule has 11 heteroatoms. The summed E-state index contributed by atoms with van der Waals surface area (Å²) in [7, 11) is 3.54. The van der Waals surface area contributed by atoms with Crippen molar-refractivity contribution in [1.82, 2.24) is 24.8 Å². The van der Waals surface area contributed by atoms with Crippen LogP contribution in [0, 0.1) is 0 Å². The molecule has 1 saturated heterocycles. The molecule has 25 heavy (non-hydrogen) atoms. The Bertz CT molecular complexity index is 746. The molecule has 0 atom stereocenters. The molecular weight excluding hydrogens is 344 g/mol.